The molecule has 0 aliphatic carbocycles. The van der Waals surface area contributed by atoms with Gasteiger partial charge in [-0.25, -0.2) is 8.42 Å². The lowest BCUT2D eigenvalue weighted by atomic mass is 10.1. The van der Waals surface area contributed by atoms with Crippen molar-refractivity contribution in [2.75, 3.05) is 17.9 Å². The molecule has 0 aromatic heterocycles. The summed E-state index contributed by atoms with van der Waals surface area (Å²) in [5.41, 5.74) is 1.73. The molecule has 0 spiro atoms. The van der Waals surface area contributed by atoms with Gasteiger partial charge in [-0.05, 0) is 49.7 Å². The van der Waals surface area contributed by atoms with E-state index in [1.807, 2.05) is 37.3 Å². The summed E-state index contributed by atoms with van der Waals surface area (Å²) in [6.45, 7) is 2.94. The lowest BCUT2D eigenvalue weighted by Crippen LogP contribution is -2.50. The van der Waals surface area contributed by atoms with Crippen LogP contribution < -0.4 is 9.62 Å². The zero-order valence-corrected chi connectivity index (χ0v) is 22.4. The molecule has 3 aromatic carbocycles. The molecule has 190 valence electrons. The number of sulfonamides is 1. The molecule has 0 saturated heterocycles. The van der Waals surface area contributed by atoms with Gasteiger partial charge in [-0.1, -0.05) is 71.2 Å². The molecule has 36 heavy (non-hydrogen) atoms. The monoisotopic (exact) mass is 547 g/mol. The van der Waals surface area contributed by atoms with E-state index in [2.05, 4.69) is 5.32 Å². The summed E-state index contributed by atoms with van der Waals surface area (Å²) in [7, 11) is -2.74. The van der Waals surface area contributed by atoms with E-state index in [0.29, 0.717) is 0 Å². The first-order valence-corrected chi connectivity index (χ1v) is 13.3. The maximum atomic E-state index is 13.8. The van der Waals surface area contributed by atoms with E-state index in [0.717, 1.165) is 15.4 Å². The molecule has 0 aliphatic heterocycles. The summed E-state index contributed by atoms with van der Waals surface area (Å²) in [6.07, 6.45) is 0. The normalized spacial score (nSPS) is 12.0. The Hall–Kier alpha value is -3.07. The Bertz CT molecular complexity index is 1330. The van der Waals surface area contributed by atoms with Crippen LogP contribution in [0.1, 0.15) is 18.1 Å². The number of hydrogen-bond acceptors (Lipinski definition) is 4. The molecule has 0 fully saturated rings. The van der Waals surface area contributed by atoms with Crippen molar-refractivity contribution < 1.29 is 18.0 Å². The van der Waals surface area contributed by atoms with Crippen LogP contribution in [0.15, 0.2) is 77.7 Å². The van der Waals surface area contributed by atoms with Gasteiger partial charge in [-0.15, -0.1) is 0 Å². The molecule has 1 N–H and O–H groups in total. The Morgan fingerprint density at radius 3 is 2.22 bits per heavy atom. The minimum absolute atomic E-state index is 0.00842. The molecular weight excluding hydrogens is 521 g/mol. The average molecular weight is 548 g/mol. The Labute approximate surface area is 221 Å². The second kappa shape index (κ2) is 11.8. The third kappa shape index (κ3) is 6.37. The maximum absolute atomic E-state index is 13.8. The SMILES string of the molecule is CNC(=O)C(C)N(Cc1ccccc1)C(=O)CN(c1cc(Cl)ccc1Cl)S(=O)(=O)c1ccc(C)cc1. The van der Waals surface area contributed by atoms with Crippen molar-refractivity contribution in [2.45, 2.75) is 31.3 Å². The molecule has 0 aliphatic rings. The predicted molar refractivity (Wildman–Crippen MR) is 143 cm³/mol. The fourth-order valence-corrected chi connectivity index (χ4v) is 5.46. The number of carbonyl (C=O) groups excluding carboxylic acids is 2. The molecule has 2 amide bonds. The van der Waals surface area contributed by atoms with Crippen LogP contribution in [0.25, 0.3) is 0 Å². The van der Waals surface area contributed by atoms with Gasteiger partial charge in [0.2, 0.25) is 11.8 Å². The topological polar surface area (TPSA) is 86.8 Å². The summed E-state index contributed by atoms with van der Waals surface area (Å²) in [5.74, 6) is -0.963. The van der Waals surface area contributed by atoms with Crippen LogP contribution in [0.2, 0.25) is 10.0 Å². The van der Waals surface area contributed by atoms with E-state index >= 15 is 0 Å². The molecule has 0 radical (unpaired) electrons. The lowest BCUT2D eigenvalue weighted by molar-refractivity contribution is -0.139. The van der Waals surface area contributed by atoms with E-state index in [1.54, 1.807) is 19.1 Å². The summed E-state index contributed by atoms with van der Waals surface area (Å²) in [4.78, 5) is 27.5. The number of benzene rings is 3. The second-order valence-corrected chi connectivity index (χ2v) is 10.9. The number of rotatable bonds is 9. The Balaban J connectivity index is 2.07. The second-order valence-electron chi connectivity index (χ2n) is 8.22. The third-order valence-electron chi connectivity index (χ3n) is 5.67. The van der Waals surface area contributed by atoms with Crippen molar-refractivity contribution in [3.05, 3.63) is 94.0 Å². The number of halogens is 2. The van der Waals surface area contributed by atoms with Crippen LogP contribution in [0.4, 0.5) is 5.69 Å². The minimum Gasteiger partial charge on any atom is -0.357 e. The molecule has 0 heterocycles. The molecule has 0 bridgehead atoms. The zero-order chi connectivity index (χ0) is 26.5. The molecule has 0 saturated carbocycles. The van der Waals surface area contributed by atoms with E-state index in [1.165, 1.54) is 42.3 Å². The zero-order valence-electron chi connectivity index (χ0n) is 20.1. The van der Waals surface area contributed by atoms with Crippen LogP contribution in [0.3, 0.4) is 0 Å². The standard InChI is InChI=1S/C26H27Cl2N3O4S/c1-18-9-12-22(13-10-18)36(34,35)31(24-15-21(27)11-14-23(24)28)17-25(32)30(19(2)26(33)29-3)16-20-7-5-4-6-8-20/h4-15,19H,16-17H2,1-3H3,(H,29,33). The fraction of sp³-hybridized carbons (Fsp3) is 0.231. The number of aryl methyl sites for hydroxylation is 1. The summed E-state index contributed by atoms with van der Waals surface area (Å²) in [6, 6.07) is 18.9. The number of hydrogen-bond donors (Lipinski definition) is 1. The van der Waals surface area contributed by atoms with E-state index in [4.69, 9.17) is 23.2 Å². The van der Waals surface area contributed by atoms with Crippen LogP contribution in [-0.4, -0.2) is 44.8 Å². The van der Waals surface area contributed by atoms with Gasteiger partial charge >= 0.3 is 0 Å². The molecular formula is C26H27Cl2N3O4S. The summed E-state index contributed by atoms with van der Waals surface area (Å²) in [5, 5.41) is 2.91. The smallest absolute Gasteiger partial charge is 0.264 e. The van der Waals surface area contributed by atoms with Crippen molar-refractivity contribution in [1.29, 1.82) is 0 Å². The molecule has 7 nitrogen and oxygen atoms in total. The highest BCUT2D eigenvalue weighted by Crippen LogP contribution is 2.33. The van der Waals surface area contributed by atoms with Gasteiger partial charge < -0.3 is 10.2 Å². The largest absolute Gasteiger partial charge is 0.357 e. The first-order valence-electron chi connectivity index (χ1n) is 11.1. The van der Waals surface area contributed by atoms with Gasteiger partial charge in [0, 0.05) is 18.6 Å². The van der Waals surface area contributed by atoms with Crippen molar-refractivity contribution in [1.82, 2.24) is 10.2 Å². The van der Waals surface area contributed by atoms with E-state index < -0.39 is 28.5 Å². The van der Waals surface area contributed by atoms with Crippen LogP contribution >= 0.6 is 23.2 Å². The number of likely N-dealkylation sites (N-methyl/N-ethyl adjacent to an activating group) is 1. The summed E-state index contributed by atoms with van der Waals surface area (Å²) >= 11 is 12.6. The van der Waals surface area contributed by atoms with E-state index in [9.17, 15) is 18.0 Å². The first kappa shape index (κ1) is 27.5. The highest BCUT2D eigenvalue weighted by atomic mass is 35.5. The third-order valence-corrected chi connectivity index (χ3v) is 8.00. The number of nitrogens with one attached hydrogen (secondary N) is 1. The van der Waals surface area contributed by atoms with Crippen molar-refractivity contribution in [3.8, 4) is 0 Å². The van der Waals surface area contributed by atoms with Crippen molar-refractivity contribution >= 4 is 50.7 Å². The number of nitrogens with zero attached hydrogens (tertiary/aromatic N) is 2. The molecule has 3 aromatic rings. The van der Waals surface area contributed by atoms with Crippen LogP contribution in [0.5, 0.6) is 0 Å². The number of carbonyl (C=O) groups is 2. The van der Waals surface area contributed by atoms with Gasteiger partial charge in [0.1, 0.15) is 12.6 Å². The van der Waals surface area contributed by atoms with Gasteiger partial charge in [0.05, 0.1) is 15.6 Å². The Morgan fingerprint density at radius 2 is 1.61 bits per heavy atom. The van der Waals surface area contributed by atoms with Crippen LogP contribution in [0, 0.1) is 6.92 Å². The van der Waals surface area contributed by atoms with Crippen LogP contribution in [-0.2, 0) is 26.2 Å². The molecule has 1 atom stereocenters. The highest BCUT2D eigenvalue weighted by molar-refractivity contribution is 7.92. The molecule has 3 rings (SSSR count). The fourth-order valence-electron chi connectivity index (χ4n) is 3.60. The Kier molecular flexibility index (Phi) is 9.00. The predicted octanol–water partition coefficient (Wildman–Crippen LogP) is 4.66. The summed E-state index contributed by atoms with van der Waals surface area (Å²) < 4.78 is 28.4. The van der Waals surface area contributed by atoms with Gasteiger partial charge in [-0.3, -0.25) is 13.9 Å². The number of anilines is 1. The van der Waals surface area contributed by atoms with Crippen molar-refractivity contribution in [2.24, 2.45) is 0 Å². The Morgan fingerprint density at radius 1 is 0.972 bits per heavy atom. The first-order chi connectivity index (χ1) is 17.0. The lowest BCUT2D eigenvalue weighted by Gasteiger charge is -2.32. The van der Waals surface area contributed by atoms with Crippen molar-refractivity contribution in [3.63, 3.8) is 0 Å². The average Bonchev–Trinajstić information content (AvgIpc) is 2.87. The maximum Gasteiger partial charge on any atom is 0.264 e. The highest BCUT2D eigenvalue weighted by Gasteiger charge is 2.33. The van der Waals surface area contributed by atoms with Gasteiger partial charge in [0.15, 0.2) is 0 Å². The molecule has 1 unspecified atom stereocenters. The van der Waals surface area contributed by atoms with E-state index in [-0.39, 0.29) is 33.1 Å². The quantitative estimate of drug-likeness (QED) is 0.422. The molecule has 10 heteroatoms. The van der Waals surface area contributed by atoms with Gasteiger partial charge in [-0.2, -0.15) is 0 Å². The van der Waals surface area contributed by atoms with Gasteiger partial charge in [0.25, 0.3) is 10.0 Å². The number of amides is 2. The minimum atomic E-state index is -4.22.